The summed E-state index contributed by atoms with van der Waals surface area (Å²) in [6, 6.07) is 0. The lowest BCUT2D eigenvalue weighted by Gasteiger charge is -2.18. The number of unbranched alkanes of at least 4 members (excludes halogenated alkanes) is 35. The van der Waals surface area contributed by atoms with Crippen molar-refractivity contribution < 1.29 is 28.6 Å². The fraction of sp³-hybridized carbons (Fsp3) is 0.800. The zero-order valence-electron chi connectivity index (χ0n) is 47.2. The molecule has 0 heterocycles. The molecular weight excluding hydrogens is 877 g/mol. The van der Waals surface area contributed by atoms with Gasteiger partial charge in [-0.25, -0.2) is 0 Å². The van der Waals surface area contributed by atoms with E-state index in [0.717, 1.165) is 103 Å². The number of allylic oxidation sites excluding steroid dienone is 10. The molecule has 1 atom stereocenters. The number of esters is 3. The van der Waals surface area contributed by atoms with E-state index in [9.17, 15) is 14.4 Å². The smallest absolute Gasteiger partial charge is 0.306 e. The van der Waals surface area contributed by atoms with Crippen molar-refractivity contribution in [2.75, 3.05) is 13.2 Å². The maximum atomic E-state index is 12.9. The Morgan fingerprint density at radius 3 is 0.915 bits per heavy atom. The molecule has 0 aliphatic rings. The molecule has 0 fully saturated rings. The van der Waals surface area contributed by atoms with Crippen LogP contribution in [0, 0.1) is 0 Å². The van der Waals surface area contributed by atoms with Crippen molar-refractivity contribution in [3.05, 3.63) is 60.8 Å². The summed E-state index contributed by atoms with van der Waals surface area (Å²) in [5.74, 6) is -0.890. The molecule has 0 bridgehead atoms. The van der Waals surface area contributed by atoms with Crippen LogP contribution in [0.15, 0.2) is 60.8 Å². The molecule has 0 aromatic heterocycles. The van der Waals surface area contributed by atoms with Crippen LogP contribution in [-0.4, -0.2) is 37.2 Å². The SMILES string of the molecule is CC/C=C\C/C=C\C/C=C\C/C=C\CCCCCCCCC(=O)OC(COC(=O)CCCCCCC/C=C\CCCC)COC(=O)CCCCCCCCCCCCCCCCCCCCCCCCC. The van der Waals surface area contributed by atoms with Gasteiger partial charge in [0, 0.05) is 19.3 Å². The number of carbonyl (C=O) groups excluding carboxylic acids is 3. The minimum Gasteiger partial charge on any atom is -0.462 e. The highest BCUT2D eigenvalue weighted by atomic mass is 16.6. The number of hydrogen-bond acceptors (Lipinski definition) is 6. The Labute approximate surface area is 440 Å². The van der Waals surface area contributed by atoms with E-state index < -0.39 is 6.10 Å². The summed E-state index contributed by atoms with van der Waals surface area (Å²) < 4.78 is 16.9. The summed E-state index contributed by atoms with van der Waals surface area (Å²) in [5.41, 5.74) is 0. The first-order chi connectivity index (χ1) is 35.0. The molecule has 0 saturated heterocycles. The Hall–Kier alpha value is -2.89. The molecule has 0 rings (SSSR count). The first kappa shape index (κ1) is 68.1. The summed E-state index contributed by atoms with van der Waals surface area (Å²) in [6.07, 6.45) is 75.2. The summed E-state index contributed by atoms with van der Waals surface area (Å²) in [5, 5.41) is 0. The monoisotopic (exact) mass is 993 g/mol. The number of carbonyl (C=O) groups is 3. The molecule has 412 valence electrons. The van der Waals surface area contributed by atoms with Crippen molar-refractivity contribution in [2.45, 2.75) is 322 Å². The zero-order valence-corrected chi connectivity index (χ0v) is 47.2. The van der Waals surface area contributed by atoms with Crippen molar-refractivity contribution in [1.29, 1.82) is 0 Å². The average molecular weight is 994 g/mol. The Kier molecular flexibility index (Phi) is 57.2. The Balaban J connectivity index is 4.27. The lowest BCUT2D eigenvalue weighted by Crippen LogP contribution is -2.30. The van der Waals surface area contributed by atoms with Crippen molar-refractivity contribution in [3.8, 4) is 0 Å². The minimum atomic E-state index is -0.784. The summed E-state index contributed by atoms with van der Waals surface area (Å²) >= 11 is 0. The van der Waals surface area contributed by atoms with Gasteiger partial charge in [0.15, 0.2) is 6.10 Å². The molecule has 0 aromatic carbocycles. The second-order valence-corrected chi connectivity index (χ2v) is 20.6. The third kappa shape index (κ3) is 57.9. The molecule has 71 heavy (non-hydrogen) atoms. The molecule has 0 aromatic rings. The van der Waals surface area contributed by atoms with Crippen LogP contribution in [0.1, 0.15) is 316 Å². The minimum absolute atomic E-state index is 0.0800. The van der Waals surface area contributed by atoms with Crippen molar-refractivity contribution in [3.63, 3.8) is 0 Å². The second kappa shape index (κ2) is 59.7. The van der Waals surface area contributed by atoms with E-state index in [-0.39, 0.29) is 31.1 Å². The first-order valence-corrected chi connectivity index (χ1v) is 30.8. The third-order valence-corrected chi connectivity index (χ3v) is 13.5. The van der Waals surface area contributed by atoms with Crippen LogP contribution in [0.25, 0.3) is 0 Å². The first-order valence-electron chi connectivity index (χ1n) is 30.8. The van der Waals surface area contributed by atoms with Gasteiger partial charge in [0.25, 0.3) is 0 Å². The number of hydrogen-bond donors (Lipinski definition) is 0. The molecule has 0 saturated carbocycles. The predicted molar refractivity (Wildman–Crippen MR) is 307 cm³/mol. The van der Waals surface area contributed by atoms with E-state index in [1.807, 2.05) is 0 Å². The second-order valence-electron chi connectivity index (χ2n) is 20.6. The van der Waals surface area contributed by atoms with Gasteiger partial charge in [0.2, 0.25) is 0 Å². The van der Waals surface area contributed by atoms with Crippen LogP contribution in [-0.2, 0) is 28.6 Å². The quantitative estimate of drug-likeness (QED) is 0.0261. The molecule has 6 nitrogen and oxygen atoms in total. The lowest BCUT2D eigenvalue weighted by atomic mass is 10.0. The predicted octanol–water partition coefficient (Wildman–Crippen LogP) is 20.8. The standard InChI is InChI=1S/C65H116O6/c1-4-7-10-13-16-19-22-24-26-28-30-31-32-33-35-36-38-40-43-46-49-52-55-58-64(67)70-61-62(60-69-63(66)57-54-51-48-45-42-21-18-15-12-9-6-3)71-65(68)59-56-53-50-47-44-41-39-37-34-29-27-25-23-20-17-14-11-8-5-2/h8,11,15,17-18,20,25,27,34,37,62H,4-7,9-10,12-14,16,19,21-24,26,28-33,35-36,38-61H2,1-3H3/b11-8-,18-15-,20-17-,27-25-,37-34-. The van der Waals surface area contributed by atoms with Crippen molar-refractivity contribution in [2.24, 2.45) is 0 Å². The molecule has 0 amide bonds. The van der Waals surface area contributed by atoms with Crippen LogP contribution >= 0.6 is 0 Å². The third-order valence-electron chi connectivity index (χ3n) is 13.5. The van der Waals surface area contributed by atoms with Gasteiger partial charge in [-0.3, -0.25) is 14.4 Å². The Bertz CT molecular complexity index is 1280. The summed E-state index contributed by atoms with van der Waals surface area (Å²) in [7, 11) is 0. The van der Waals surface area contributed by atoms with Crippen molar-refractivity contribution >= 4 is 17.9 Å². The van der Waals surface area contributed by atoms with E-state index in [2.05, 4.69) is 81.5 Å². The Morgan fingerprint density at radius 2 is 0.563 bits per heavy atom. The molecule has 1 unspecified atom stereocenters. The van der Waals surface area contributed by atoms with Gasteiger partial charge in [-0.2, -0.15) is 0 Å². The van der Waals surface area contributed by atoms with Crippen molar-refractivity contribution in [1.82, 2.24) is 0 Å². The molecule has 0 N–H and O–H groups in total. The van der Waals surface area contributed by atoms with Crippen LogP contribution in [0.2, 0.25) is 0 Å². The highest BCUT2D eigenvalue weighted by Crippen LogP contribution is 2.17. The molecule has 0 spiro atoms. The average Bonchev–Trinajstić information content (AvgIpc) is 3.37. The molecular formula is C65H116O6. The number of rotatable bonds is 56. The van der Waals surface area contributed by atoms with E-state index >= 15 is 0 Å². The van der Waals surface area contributed by atoms with E-state index in [1.165, 1.54) is 173 Å². The molecule has 0 radical (unpaired) electrons. The highest BCUT2D eigenvalue weighted by molar-refractivity contribution is 5.71. The number of ether oxygens (including phenoxy) is 3. The maximum absolute atomic E-state index is 12.9. The van der Waals surface area contributed by atoms with Crippen LogP contribution in [0.3, 0.4) is 0 Å². The molecule has 6 heteroatoms. The zero-order chi connectivity index (χ0) is 51.4. The molecule has 0 aliphatic heterocycles. The van der Waals surface area contributed by atoms with Gasteiger partial charge in [-0.15, -0.1) is 0 Å². The summed E-state index contributed by atoms with van der Waals surface area (Å²) in [4.78, 5) is 38.2. The topological polar surface area (TPSA) is 78.9 Å². The highest BCUT2D eigenvalue weighted by Gasteiger charge is 2.19. The van der Waals surface area contributed by atoms with Gasteiger partial charge in [0.1, 0.15) is 13.2 Å². The van der Waals surface area contributed by atoms with Crippen LogP contribution < -0.4 is 0 Å². The van der Waals surface area contributed by atoms with Gasteiger partial charge in [-0.05, 0) is 77.0 Å². The largest absolute Gasteiger partial charge is 0.462 e. The van der Waals surface area contributed by atoms with Gasteiger partial charge >= 0.3 is 17.9 Å². The maximum Gasteiger partial charge on any atom is 0.306 e. The van der Waals surface area contributed by atoms with Gasteiger partial charge < -0.3 is 14.2 Å². The van der Waals surface area contributed by atoms with E-state index in [0.29, 0.717) is 19.3 Å². The fourth-order valence-corrected chi connectivity index (χ4v) is 8.89. The van der Waals surface area contributed by atoms with E-state index in [4.69, 9.17) is 14.2 Å². The van der Waals surface area contributed by atoms with Gasteiger partial charge in [-0.1, -0.05) is 281 Å². The Morgan fingerprint density at radius 1 is 0.296 bits per heavy atom. The normalized spacial score (nSPS) is 12.4. The lowest BCUT2D eigenvalue weighted by molar-refractivity contribution is -0.167. The molecule has 0 aliphatic carbocycles. The van der Waals surface area contributed by atoms with Crippen LogP contribution in [0.5, 0.6) is 0 Å². The summed E-state index contributed by atoms with van der Waals surface area (Å²) in [6.45, 7) is 6.51. The van der Waals surface area contributed by atoms with Gasteiger partial charge in [0.05, 0.1) is 0 Å². The fourth-order valence-electron chi connectivity index (χ4n) is 8.89. The van der Waals surface area contributed by atoms with Crippen LogP contribution in [0.4, 0.5) is 0 Å². The van der Waals surface area contributed by atoms with E-state index in [1.54, 1.807) is 0 Å².